The molecular weight excluding hydrogens is 268 g/mol. The fourth-order valence-corrected chi connectivity index (χ4v) is 1.79. The molecule has 3 N–H and O–H groups in total. The highest BCUT2D eigenvalue weighted by Crippen LogP contribution is 2.19. The highest BCUT2D eigenvalue weighted by atomic mass is 16.2. The highest BCUT2D eigenvalue weighted by molar-refractivity contribution is 6.07. The fraction of sp³-hybridized carbons (Fsp3) is 0.286. The van der Waals surface area contributed by atoms with Crippen LogP contribution < -0.4 is 16.2 Å². The number of nitrogen functional groups attached to an aromatic ring is 1. The Morgan fingerprint density at radius 3 is 2.57 bits per heavy atom. The normalized spacial score (nSPS) is 10.5. The van der Waals surface area contributed by atoms with E-state index in [1.807, 2.05) is 13.8 Å². The number of carbonyl (C=O) groups is 1. The molecule has 7 heteroatoms. The van der Waals surface area contributed by atoms with E-state index >= 15 is 0 Å². The molecule has 0 fully saturated rings. The van der Waals surface area contributed by atoms with Gasteiger partial charge < -0.3 is 10.3 Å². The van der Waals surface area contributed by atoms with Crippen molar-refractivity contribution in [3.8, 4) is 0 Å². The zero-order chi connectivity index (χ0) is 15.4. The van der Waals surface area contributed by atoms with Crippen LogP contribution in [0.2, 0.25) is 0 Å². The number of hydrogen-bond acceptors (Lipinski definition) is 6. The third-order valence-electron chi connectivity index (χ3n) is 3.04. The summed E-state index contributed by atoms with van der Waals surface area (Å²) in [4.78, 5) is 26.6. The Kier molecular flexibility index (Phi) is 4.44. The van der Waals surface area contributed by atoms with Crippen molar-refractivity contribution < 1.29 is 4.79 Å². The van der Waals surface area contributed by atoms with Crippen LogP contribution in [0.5, 0.6) is 0 Å². The van der Waals surface area contributed by atoms with Crippen LogP contribution >= 0.6 is 0 Å². The van der Waals surface area contributed by atoms with Gasteiger partial charge in [-0.25, -0.2) is 9.97 Å². The van der Waals surface area contributed by atoms with Crippen LogP contribution in [0, 0.1) is 0 Å². The molecule has 110 valence electrons. The molecule has 0 atom stereocenters. The molecule has 1 amide bonds. The van der Waals surface area contributed by atoms with Gasteiger partial charge in [0.05, 0.1) is 11.9 Å². The third-order valence-corrected chi connectivity index (χ3v) is 3.04. The van der Waals surface area contributed by atoms with Gasteiger partial charge in [-0.05, 0) is 12.1 Å². The summed E-state index contributed by atoms with van der Waals surface area (Å²) in [5.41, 5.74) is 3.83. The van der Waals surface area contributed by atoms with E-state index < -0.39 is 0 Å². The molecule has 0 aliphatic heterocycles. The standard InChI is InChI=1S/C14H18N6O/c1-9(2)13-17-8-11(19-15)12(18-13)14(21)20(3)10-4-6-16-7-5-10/h4-9,19H,15H2,1-3H3. The average molecular weight is 286 g/mol. The smallest absolute Gasteiger partial charge is 0.278 e. The second-order valence-electron chi connectivity index (χ2n) is 4.86. The van der Waals surface area contributed by atoms with Gasteiger partial charge in [-0.2, -0.15) is 0 Å². The van der Waals surface area contributed by atoms with Crippen LogP contribution in [0.4, 0.5) is 11.4 Å². The second kappa shape index (κ2) is 6.27. The minimum absolute atomic E-state index is 0.120. The van der Waals surface area contributed by atoms with Crippen molar-refractivity contribution in [3.05, 3.63) is 42.2 Å². The largest absolute Gasteiger partial charge is 0.321 e. The van der Waals surface area contributed by atoms with Gasteiger partial charge in [-0.1, -0.05) is 13.8 Å². The molecule has 21 heavy (non-hydrogen) atoms. The molecule has 0 saturated heterocycles. The molecule has 2 rings (SSSR count). The predicted molar refractivity (Wildman–Crippen MR) is 80.9 cm³/mol. The van der Waals surface area contributed by atoms with Gasteiger partial charge in [0.25, 0.3) is 5.91 Å². The summed E-state index contributed by atoms with van der Waals surface area (Å²) >= 11 is 0. The first-order chi connectivity index (χ1) is 10.0. The van der Waals surface area contributed by atoms with E-state index in [9.17, 15) is 4.79 Å². The van der Waals surface area contributed by atoms with Crippen molar-refractivity contribution in [1.82, 2.24) is 15.0 Å². The molecule has 0 aromatic carbocycles. The molecule has 0 radical (unpaired) electrons. The molecule has 0 aliphatic rings. The number of nitrogens with two attached hydrogens (primary N) is 1. The number of hydrogen-bond donors (Lipinski definition) is 2. The van der Waals surface area contributed by atoms with Crippen molar-refractivity contribution in [1.29, 1.82) is 0 Å². The number of hydrazine groups is 1. The van der Waals surface area contributed by atoms with E-state index in [2.05, 4.69) is 20.4 Å². The van der Waals surface area contributed by atoms with Gasteiger partial charge >= 0.3 is 0 Å². The summed E-state index contributed by atoms with van der Waals surface area (Å²) in [6.07, 6.45) is 4.78. The number of rotatable bonds is 4. The van der Waals surface area contributed by atoms with E-state index in [0.29, 0.717) is 11.5 Å². The first kappa shape index (κ1) is 14.9. The van der Waals surface area contributed by atoms with Crippen LogP contribution in [0.15, 0.2) is 30.7 Å². The lowest BCUT2D eigenvalue weighted by Crippen LogP contribution is -2.29. The zero-order valence-electron chi connectivity index (χ0n) is 12.2. The summed E-state index contributed by atoms with van der Waals surface area (Å²) in [5.74, 6) is 5.90. The monoisotopic (exact) mass is 286 g/mol. The zero-order valence-corrected chi connectivity index (χ0v) is 12.2. The molecule has 2 aromatic heterocycles. The predicted octanol–water partition coefficient (Wildman–Crippen LogP) is 1.56. The summed E-state index contributed by atoms with van der Waals surface area (Å²) in [5, 5.41) is 0. The van der Waals surface area contributed by atoms with E-state index in [0.717, 1.165) is 5.69 Å². The Labute approximate surface area is 123 Å². The summed E-state index contributed by atoms with van der Waals surface area (Å²) < 4.78 is 0. The summed E-state index contributed by atoms with van der Waals surface area (Å²) in [7, 11) is 1.68. The number of amides is 1. The lowest BCUT2D eigenvalue weighted by Gasteiger charge is -2.18. The number of nitrogens with zero attached hydrogens (tertiary/aromatic N) is 4. The maximum Gasteiger partial charge on any atom is 0.278 e. The lowest BCUT2D eigenvalue weighted by atomic mass is 10.2. The molecule has 2 heterocycles. The first-order valence-corrected chi connectivity index (χ1v) is 6.56. The van der Waals surface area contributed by atoms with E-state index in [1.54, 1.807) is 31.6 Å². The van der Waals surface area contributed by atoms with Gasteiger partial charge in [-0.3, -0.25) is 15.6 Å². The Morgan fingerprint density at radius 2 is 2.00 bits per heavy atom. The molecule has 0 saturated carbocycles. The molecule has 0 bridgehead atoms. The van der Waals surface area contributed by atoms with E-state index in [4.69, 9.17) is 5.84 Å². The minimum Gasteiger partial charge on any atom is -0.321 e. The Hall–Kier alpha value is -2.54. The quantitative estimate of drug-likeness (QED) is 0.654. The second-order valence-corrected chi connectivity index (χ2v) is 4.86. The van der Waals surface area contributed by atoms with Crippen LogP contribution in [-0.4, -0.2) is 27.9 Å². The Bertz CT molecular complexity index is 629. The number of nitrogens with one attached hydrogen (secondary N) is 1. The molecular formula is C14H18N6O. The molecule has 0 unspecified atom stereocenters. The molecule has 0 aliphatic carbocycles. The number of anilines is 2. The van der Waals surface area contributed by atoms with Gasteiger partial charge in [0, 0.05) is 31.0 Å². The van der Waals surface area contributed by atoms with Crippen molar-refractivity contribution >= 4 is 17.3 Å². The van der Waals surface area contributed by atoms with Gasteiger partial charge in [0.1, 0.15) is 5.82 Å². The van der Waals surface area contributed by atoms with Crippen molar-refractivity contribution in [2.45, 2.75) is 19.8 Å². The fourth-order valence-electron chi connectivity index (χ4n) is 1.79. The van der Waals surface area contributed by atoms with Crippen LogP contribution in [0.25, 0.3) is 0 Å². The number of pyridine rings is 1. The lowest BCUT2D eigenvalue weighted by molar-refractivity contribution is 0.0988. The van der Waals surface area contributed by atoms with E-state index in [-0.39, 0.29) is 17.5 Å². The highest BCUT2D eigenvalue weighted by Gasteiger charge is 2.20. The molecule has 0 spiro atoms. The van der Waals surface area contributed by atoms with Crippen LogP contribution in [0.3, 0.4) is 0 Å². The Morgan fingerprint density at radius 1 is 1.33 bits per heavy atom. The maximum absolute atomic E-state index is 12.6. The van der Waals surface area contributed by atoms with Crippen molar-refractivity contribution in [2.24, 2.45) is 5.84 Å². The average Bonchev–Trinajstić information content (AvgIpc) is 2.53. The number of aromatic nitrogens is 3. The number of carbonyl (C=O) groups excluding carboxylic acids is 1. The summed E-state index contributed by atoms with van der Waals surface area (Å²) in [6, 6.07) is 3.50. The van der Waals surface area contributed by atoms with Gasteiger partial charge in [-0.15, -0.1) is 0 Å². The van der Waals surface area contributed by atoms with Crippen molar-refractivity contribution in [2.75, 3.05) is 17.4 Å². The van der Waals surface area contributed by atoms with E-state index in [1.165, 1.54) is 11.1 Å². The topological polar surface area (TPSA) is 97.0 Å². The maximum atomic E-state index is 12.6. The molecule has 2 aromatic rings. The Balaban J connectivity index is 2.40. The van der Waals surface area contributed by atoms with Gasteiger partial charge in [0.2, 0.25) is 0 Å². The van der Waals surface area contributed by atoms with Gasteiger partial charge in [0.15, 0.2) is 5.69 Å². The SMILES string of the molecule is CC(C)c1ncc(NN)c(C(=O)N(C)c2ccncc2)n1. The summed E-state index contributed by atoms with van der Waals surface area (Å²) in [6.45, 7) is 3.93. The van der Waals surface area contributed by atoms with Crippen LogP contribution in [0.1, 0.15) is 36.1 Å². The van der Waals surface area contributed by atoms with Crippen LogP contribution in [-0.2, 0) is 0 Å². The first-order valence-electron chi connectivity index (χ1n) is 6.56. The minimum atomic E-state index is -0.265. The molecule has 7 nitrogen and oxygen atoms in total. The third kappa shape index (κ3) is 3.14. The van der Waals surface area contributed by atoms with Crippen molar-refractivity contribution in [3.63, 3.8) is 0 Å².